The number of aromatic nitrogens is 2. The Morgan fingerprint density at radius 1 is 1.30 bits per heavy atom. The van der Waals surface area contributed by atoms with Gasteiger partial charge in [-0.2, -0.15) is 5.10 Å². The van der Waals surface area contributed by atoms with E-state index < -0.39 is 0 Å². The SMILES string of the molecule is O=C(C1CC1)N1CCCN(c2cn[nH]c(=O)c2Cl)CC1. The van der Waals surface area contributed by atoms with E-state index in [0.29, 0.717) is 18.8 Å². The fourth-order valence-corrected chi connectivity index (χ4v) is 2.77. The van der Waals surface area contributed by atoms with Crippen LogP contribution < -0.4 is 10.5 Å². The molecule has 0 spiro atoms. The molecule has 1 aromatic heterocycles. The fourth-order valence-electron chi connectivity index (χ4n) is 2.56. The van der Waals surface area contributed by atoms with Gasteiger partial charge in [-0.1, -0.05) is 11.6 Å². The summed E-state index contributed by atoms with van der Waals surface area (Å²) in [5.41, 5.74) is 0.274. The van der Waals surface area contributed by atoms with Crippen LogP contribution in [0.5, 0.6) is 0 Å². The first-order valence-electron chi connectivity index (χ1n) is 6.94. The molecule has 1 saturated heterocycles. The summed E-state index contributed by atoms with van der Waals surface area (Å²) in [6.07, 6.45) is 4.51. The maximum absolute atomic E-state index is 12.1. The van der Waals surface area contributed by atoms with Crippen LogP contribution in [0.1, 0.15) is 19.3 Å². The highest BCUT2D eigenvalue weighted by atomic mass is 35.5. The molecule has 0 radical (unpaired) electrons. The minimum absolute atomic E-state index is 0.168. The topological polar surface area (TPSA) is 69.3 Å². The quantitative estimate of drug-likeness (QED) is 0.879. The van der Waals surface area contributed by atoms with Crippen LogP contribution in [-0.2, 0) is 4.79 Å². The zero-order chi connectivity index (χ0) is 14.1. The molecule has 1 aromatic rings. The lowest BCUT2D eigenvalue weighted by Gasteiger charge is -2.23. The second-order valence-electron chi connectivity index (χ2n) is 5.34. The Morgan fingerprint density at radius 3 is 2.85 bits per heavy atom. The number of amides is 1. The van der Waals surface area contributed by atoms with Gasteiger partial charge in [-0.05, 0) is 19.3 Å². The molecule has 6 nitrogen and oxygen atoms in total. The van der Waals surface area contributed by atoms with Crippen LogP contribution in [0, 0.1) is 5.92 Å². The molecule has 0 aromatic carbocycles. The largest absolute Gasteiger partial charge is 0.367 e. The van der Waals surface area contributed by atoms with Gasteiger partial charge in [0.2, 0.25) is 5.91 Å². The van der Waals surface area contributed by atoms with Crippen molar-refractivity contribution in [2.75, 3.05) is 31.1 Å². The maximum atomic E-state index is 12.1. The summed E-state index contributed by atoms with van der Waals surface area (Å²) in [4.78, 5) is 27.6. The van der Waals surface area contributed by atoms with Gasteiger partial charge in [0, 0.05) is 32.1 Å². The summed E-state index contributed by atoms with van der Waals surface area (Å²) in [6.45, 7) is 2.92. The van der Waals surface area contributed by atoms with Crippen molar-refractivity contribution < 1.29 is 4.79 Å². The van der Waals surface area contributed by atoms with Gasteiger partial charge in [0.15, 0.2) is 0 Å². The van der Waals surface area contributed by atoms with Gasteiger partial charge >= 0.3 is 0 Å². The number of hydrogen-bond acceptors (Lipinski definition) is 4. The van der Waals surface area contributed by atoms with E-state index in [9.17, 15) is 9.59 Å². The molecule has 0 bridgehead atoms. The number of aromatic amines is 1. The van der Waals surface area contributed by atoms with Crippen LogP contribution in [0.25, 0.3) is 0 Å². The summed E-state index contributed by atoms with van der Waals surface area (Å²) < 4.78 is 0. The first-order valence-corrected chi connectivity index (χ1v) is 7.31. The summed E-state index contributed by atoms with van der Waals surface area (Å²) in [5.74, 6) is 0.536. The third kappa shape index (κ3) is 2.65. The first-order chi connectivity index (χ1) is 9.66. The number of rotatable bonds is 2. The molecule has 20 heavy (non-hydrogen) atoms. The molecule has 1 aliphatic carbocycles. The van der Waals surface area contributed by atoms with Gasteiger partial charge in [0.1, 0.15) is 5.02 Å². The van der Waals surface area contributed by atoms with Crippen LogP contribution in [0.3, 0.4) is 0 Å². The first kappa shape index (κ1) is 13.4. The lowest BCUT2D eigenvalue weighted by atomic mass is 10.3. The lowest BCUT2D eigenvalue weighted by Crippen LogP contribution is -2.36. The minimum atomic E-state index is -0.376. The number of halogens is 1. The zero-order valence-corrected chi connectivity index (χ0v) is 11.9. The summed E-state index contributed by atoms with van der Waals surface area (Å²) in [5, 5.41) is 6.28. The number of hydrogen-bond donors (Lipinski definition) is 1. The number of carbonyl (C=O) groups excluding carboxylic acids is 1. The molecule has 1 saturated carbocycles. The highest BCUT2D eigenvalue weighted by molar-refractivity contribution is 6.32. The van der Waals surface area contributed by atoms with E-state index in [2.05, 4.69) is 10.2 Å². The maximum Gasteiger partial charge on any atom is 0.285 e. The van der Waals surface area contributed by atoms with Gasteiger partial charge in [0.25, 0.3) is 5.56 Å². The Labute approximate surface area is 121 Å². The van der Waals surface area contributed by atoms with Gasteiger partial charge in [-0.15, -0.1) is 0 Å². The smallest absolute Gasteiger partial charge is 0.285 e. The van der Waals surface area contributed by atoms with Crippen molar-refractivity contribution in [3.63, 3.8) is 0 Å². The van der Waals surface area contributed by atoms with Crippen molar-refractivity contribution >= 4 is 23.2 Å². The number of carbonyl (C=O) groups is 1. The molecule has 3 rings (SSSR count). The monoisotopic (exact) mass is 296 g/mol. The van der Waals surface area contributed by atoms with E-state index in [1.807, 2.05) is 9.80 Å². The van der Waals surface area contributed by atoms with Crippen molar-refractivity contribution in [3.8, 4) is 0 Å². The number of nitrogens with one attached hydrogen (secondary N) is 1. The molecular formula is C13H17ClN4O2. The van der Waals surface area contributed by atoms with E-state index >= 15 is 0 Å². The van der Waals surface area contributed by atoms with E-state index in [1.54, 1.807) is 6.20 Å². The van der Waals surface area contributed by atoms with Crippen molar-refractivity contribution in [1.82, 2.24) is 15.1 Å². The van der Waals surface area contributed by atoms with Crippen LogP contribution in [0.15, 0.2) is 11.0 Å². The molecule has 2 fully saturated rings. The minimum Gasteiger partial charge on any atom is -0.367 e. The van der Waals surface area contributed by atoms with Gasteiger partial charge in [-0.25, -0.2) is 5.10 Å². The number of nitrogens with zero attached hydrogens (tertiary/aromatic N) is 3. The second-order valence-corrected chi connectivity index (χ2v) is 5.72. The second kappa shape index (κ2) is 5.44. The Bertz CT molecular complexity index is 570. The van der Waals surface area contributed by atoms with E-state index in [-0.39, 0.29) is 22.4 Å². The lowest BCUT2D eigenvalue weighted by molar-refractivity contribution is -0.132. The Morgan fingerprint density at radius 2 is 2.10 bits per heavy atom. The van der Waals surface area contributed by atoms with E-state index in [1.165, 1.54) is 0 Å². The molecule has 1 N–H and O–H groups in total. The van der Waals surface area contributed by atoms with Crippen molar-refractivity contribution in [2.24, 2.45) is 5.92 Å². The predicted molar refractivity (Wildman–Crippen MR) is 76.0 cm³/mol. The number of H-pyrrole nitrogens is 1. The molecule has 108 valence electrons. The van der Waals surface area contributed by atoms with Crippen molar-refractivity contribution in [1.29, 1.82) is 0 Å². The molecule has 0 unspecified atom stereocenters. The van der Waals surface area contributed by atoms with Gasteiger partial charge < -0.3 is 9.80 Å². The van der Waals surface area contributed by atoms with Gasteiger partial charge in [0.05, 0.1) is 11.9 Å². The third-order valence-corrected chi connectivity index (χ3v) is 4.22. The van der Waals surface area contributed by atoms with Crippen molar-refractivity contribution in [2.45, 2.75) is 19.3 Å². The molecule has 2 heterocycles. The average molecular weight is 297 g/mol. The Balaban J connectivity index is 1.72. The predicted octanol–water partition coefficient (Wildman–Crippen LogP) is 0.872. The molecule has 2 aliphatic rings. The Kier molecular flexibility index (Phi) is 3.65. The standard InChI is InChI=1S/C13H17ClN4O2/c14-11-10(8-15-16-12(11)19)17-4-1-5-18(7-6-17)13(20)9-2-3-9/h8-9H,1-7H2,(H,16,19). The third-order valence-electron chi connectivity index (χ3n) is 3.85. The van der Waals surface area contributed by atoms with Crippen LogP contribution in [0.4, 0.5) is 5.69 Å². The van der Waals surface area contributed by atoms with Crippen LogP contribution >= 0.6 is 11.6 Å². The van der Waals surface area contributed by atoms with Crippen molar-refractivity contribution in [3.05, 3.63) is 21.6 Å². The molecular weight excluding hydrogens is 280 g/mol. The number of anilines is 1. The molecule has 1 amide bonds. The normalized spacial score (nSPS) is 19.9. The van der Waals surface area contributed by atoms with E-state index in [0.717, 1.165) is 32.4 Å². The summed E-state index contributed by atoms with van der Waals surface area (Å²) in [7, 11) is 0. The van der Waals surface area contributed by atoms with Gasteiger partial charge in [-0.3, -0.25) is 9.59 Å². The van der Waals surface area contributed by atoms with E-state index in [4.69, 9.17) is 11.6 Å². The molecule has 1 aliphatic heterocycles. The molecule has 7 heteroatoms. The van der Waals surface area contributed by atoms with Crippen LogP contribution in [-0.4, -0.2) is 47.2 Å². The molecule has 0 atom stereocenters. The summed E-state index contributed by atoms with van der Waals surface area (Å²) in [6, 6.07) is 0. The average Bonchev–Trinajstić information content (AvgIpc) is 3.27. The fraction of sp³-hybridized carbons (Fsp3) is 0.615. The zero-order valence-electron chi connectivity index (χ0n) is 11.1. The summed E-state index contributed by atoms with van der Waals surface area (Å²) >= 11 is 6.03. The van der Waals surface area contributed by atoms with Crippen LogP contribution in [0.2, 0.25) is 5.02 Å². The highest BCUT2D eigenvalue weighted by Crippen LogP contribution is 2.31. The highest BCUT2D eigenvalue weighted by Gasteiger charge is 2.34. The Hall–Kier alpha value is -1.56.